The third-order valence-corrected chi connectivity index (χ3v) is 9.96. The number of phosphoric ester groups is 1. The molecule has 30 nitrogen and oxygen atoms in total. The fraction of sp³-hybridized carbons (Fsp3) is 0.706. The molecule has 0 saturated carbocycles. The van der Waals surface area contributed by atoms with Gasteiger partial charge in [-0.1, -0.05) is 13.8 Å². The van der Waals surface area contributed by atoms with Gasteiger partial charge >= 0.3 is 13.8 Å². The van der Waals surface area contributed by atoms with Crippen molar-refractivity contribution in [1.29, 1.82) is 0 Å². The number of carboxylic acids is 1. The molecule has 0 aliphatic heterocycles. The molecule has 0 aliphatic carbocycles. The van der Waals surface area contributed by atoms with Gasteiger partial charge in [0.25, 0.3) is 0 Å². The van der Waals surface area contributed by atoms with Gasteiger partial charge in [-0.15, -0.1) is 0 Å². The van der Waals surface area contributed by atoms with Gasteiger partial charge in [0.1, 0.15) is 48.3 Å². The number of guanidine groups is 2. The molecule has 0 spiro atoms. The first-order valence-corrected chi connectivity index (χ1v) is 23.0. The fourth-order valence-corrected chi connectivity index (χ4v) is 6.10. The van der Waals surface area contributed by atoms with Crippen LogP contribution in [0.4, 0.5) is 0 Å². The minimum absolute atomic E-state index is 0.0261. The van der Waals surface area contributed by atoms with E-state index in [0.717, 1.165) is 0 Å². The van der Waals surface area contributed by atoms with Crippen LogP contribution in [-0.2, 0) is 47.4 Å². The highest BCUT2D eigenvalue weighted by Gasteiger charge is 2.36. The monoisotopic (exact) mass is 988 g/mol. The summed E-state index contributed by atoms with van der Waals surface area (Å²) in [6.07, 6.45) is 1.47. The summed E-state index contributed by atoms with van der Waals surface area (Å²) in [5.41, 5.74) is 26.7. The highest BCUT2D eigenvalue weighted by molar-refractivity contribution is 7.98. The second-order valence-electron chi connectivity index (χ2n) is 14.6. The molecule has 8 atom stereocenters. The molecule has 378 valence electrons. The average Bonchev–Trinajstić information content (AvgIpc) is 3.24. The van der Waals surface area contributed by atoms with Crippen molar-refractivity contribution in [3.63, 3.8) is 0 Å². The Morgan fingerprint density at radius 3 is 1.41 bits per heavy atom. The van der Waals surface area contributed by atoms with Crippen molar-refractivity contribution in [2.75, 3.05) is 51.5 Å². The lowest BCUT2D eigenvalue weighted by Gasteiger charge is -2.28. The number of nitrogens with two attached hydrogens (primary N) is 5. The SMILES string of the molecule is CSCC[C@H](NC(=O)[C@H](CO)NC(=O)[C@H](CCCN=C(N)N)NC(=O)[C@@H](N)CO)C(=O)N[C@@H](COP(=O)(O)O)C(=O)N[C@H](C(=O)N[C@@H](CO)C(=O)N[C@@H](CCCN=C(N)N)C(=O)O)C(C)C. The maximum atomic E-state index is 13.7. The zero-order valence-corrected chi connectivity index (χ0v) is 38.3. The van der Waals surface area contributed by atoms with Crippen LogP contribution in [0.25, 0.3) is 0 Å². The summed E-state index contributed by atoms with van der Waals surface area (Å²) in [4.78, 5) is 131. The van der Waals surface area contributed by atoms with Crippen molar-refractivity contribution in [1.82, 2.24) is 37.2 Å². The van der Waals surface area contributed by atoms with Gasteiger partial charge < -0.3 is 96.1 Å². The Labute approximate surface area is 383 Å². The molecule has 23 N–H and O–H groups in total. The Morgan fingerprint density at radius 1 is 0.591 bits per heavy atom. The highest BCUT2D eigenvalue weighted by atomic mass is 32.2. The topological polar surface area (TPSA) is 523 Å². The van der Waals surface area contributed by atoms with Gasteiger partial charge in [0.05, 0.1) is 26.4 Å². The number of rotatable bonds is 33. The van der Waals surface area contributed by atoms with Crippen LogP contribution in [0.1, 0.15) is 46.0 Å². The first-order chi connectivity index (χ1) is 30.8. The van der Waals surface area contributed by atoms with Crippen molar-refractivity contribution >= 4 is 78.8 Å². The summed E-state index contributed by atoms with van der Waals surface area (Å²) in [6, 6.07) is -12.9. The molecule has 0 fully saturated rings. The second-order valence-corrected chi connectivity index (χ2v) is 16.8. The Kier molecular flexibility index (Phi) is 28.9. The molecule has 7 amide bonds. The molecule has 66 heavy (non-hydrogen) atoms. The van der Waals surface area contributed by atoms with E-state index in [1.807, 2.05) is 0 Å². The predicted molar refractivity (Wildman–Crippen MR) is 236 cm³/mol. The number of amides is 7. The van der Waals surface area contributed by atoms with E-state index in [2.05, 4.69) is 51.7 Å². The number of aliphatic hydroxyl groups is 3. The van der Waals surface area contributed by atoms with E-state index in [0.29, 0.717) is 0 Å². The number of aliphatic carboxylic acids is 1. The Balaban J connectivity index is 6.32. The number of phosphoric acid groups is 1. The number of carboxylic acid groups (broad SMARTS) is 1. The van der Waals surface area contributed by atoms with E-state index in [-0.39, 0.29) is 62.9 Å². The molecule has 0 unspecified atom stereocenters. The molecule has 0 aromatic carbocycles. The first kappa shape index (κ1) is 60.6. The van der Waals surface area contributed by atoms with Crippen LogP contribution in [0, 0.1) is 5.92 Å². The number of hydrogen-bond acceptors (Lipinski definition) is 17. The van der Waals surface area contributed by atoms with Crippen LogP contribution in [0.2, 0.25) is 0 Å². The molecule has 0 radical (unpaired) electrons. The standard InChI is InChI=1S/C34H65N14O16PS/c1-16(2)24(31(58)46-22(14-51)29(56)44-20(32(59)60)7-5-10-41-34(38)39)48-30(57)23(15-64-65(61,62)63)47-27(54)19(8-11-66-3)43-28(55)21(13-50)45-26(53)18(6-4-9-40-33(36)37)42-25(52)17(35)12-49/h16-24,49-51H,4-15,35H2,1-3H3,(H,42,52)(H,43,55)(H,44,56)(H,45,53)(H,46,58)(H,47,54)(H,48,57)(H,59,60)(H4,36,37,40)(H4,38,39,41)(H2,61,62,63)/t17-,18-,19-,20-,21-,22-,23-,24-/m0/s1. The lowest BCUT2D eigenvalue weighted by Crippen LogP contribution is -2.62. The summed E-state index contributed by atoms with van der Waals surface area (Å²) >= 11 is 1.21. The normalized spacial score (nSPS) is 14.9. The number of hydrogen-bond donors (Lipinski definition) is 18. The van der Waals surface area contributed by atoms with Gasteiger partial charge in [-0.3, -0.25) is 48.1 Å². The Hall–Kier alpha value is -5.40. The zero-order chi connectivity index (χ0) is 50.7. The van der Waals surface area contributed by atoms with Crippen LogP contribution < -0.4 is 65.9 Å². The number of carbonyl (C=O) groups excluding carboxylic acids is 7. The summed E-state index contributed by atoms with van der Waals surface area (Å²) in [5, 5.41) is 54.5. The van der Waals surface area contributed by atoms with E-state index in [4.69, 9.17) is 28.7 Å². The van der Waals surface area contributed by atoms with Gasteiger partial charge in [-0.25, -0.2) is 9.36 Å². The van der Waals surface area contributed by atoms with Crippen LogP contribution in [0.5, 0.6) is 0 Å². The minimum atomic E-state index is -5.32. The number of aliphatic imine (C=N–C) groups is 2. The maximum absolute atomic E-state index is 13.7. The third kappa shape index (κ3) is 24.8. The molecule has 0 aromatic heterocycles. The smallest absolute Gasteiger partial charge is 0.469 e. The van der Waals surface area contributed by atoms with E-state index < -0.39 is 136 Å². The number of nitrogens with zero attached hydrogens (tertiary/aromatic N) is 2. The molecular weight excluding hydrogens is 923 g/mol. The lowest BCUT2D eigenvalue weighted by atomic mass is 10.0. The minimum Gasteiger partial charge on any atom is -0.480 e. The van der Waals surface area contributed by atoms with E-state index in [9.17, 15) is 73.1 Å². The summed E-state index contributed by atoms with van der Waals surface area (Å²) in [5.74, 6) is -10.3. The second kappa shape index (κ2) is 31.5. The summed E-state index contributed by atoms with van der Waals surface area (Å²) < 4.78 is 16.2. The quantitative estimate of drug-likeness (QED) is 0.0126. The third-order valence-electron chi connectivity index (χ3n) is 8.84. The molecule has 0 aliphatic rings. The zero-order valence-electron chi connectivity index (χ0n) is 36.6. The van der Waals surface area contributed by atoms with E-state index >= 15 is 0 Å². The van der Waals surface area contributed by atoms with Gasteiger partial charge in [0.15, 0.2) is 11.9 Å². The Morgan fingerprint density at radius 2 is 0.985 bits per heavy atom. The van der Waals surface area contributed by atoms with Crippen molar-refractivity contribution in [3.8, 4) is 0 Å². The van der Waals surface area contributed by atoms with Crippen molar-refractivity contribution in [2.24, 2.45) is 44.6 Å². The van der Waals surface area contributed by atoms with Gasteiger partial charge in [-0.05, 0) is 50.0 Å². The van der Waals surface area contributed by atoms with E-state index in [1.165, 1.54) is 25.6 Å². The molecule has 0 heterocycles. The molecule has 0 rings (SSSR count). The van der Waals surface area contributed by atoms with Crippen LogP contribution in [0.3, 0.4) is 0 Å². The number of carbonyl (C=O) groups is 8. The maximum Gasteiger partial charge on any atom is 0.469 e. The largest absolute Gasteiger partial charge is 0.480 e. The molecule has 0 saturated heterocycles. The lowest BCUT2D eigenvalue weighted by molar-refractivity contribution is -0.143. The average molecular weight is 989 g/mol. The van der Waals surface area contributed by atoms with Crippen LogP contribution in [-0.4, -0.2) is 189 Å². The van der Waals surface area contributed by atoms with Gasteiger partial charge in [0, 0.05) is 13.1 Å². The first-order valence-electron chi connectivity index (χ1n) is 20.0. The molecular formula is C34H65N14O16PS. The number of thioether (sulfide) groups is 1. The van der Waals surface area contributed by atoms with Gasteiger partial charge in [0.2, 0.25) is 41.4 Å². The number of aliphatic hydroxyl groups excluding tert-OH is 3. The molecule has 0 aromatic rings. The number of nitrogens with one attached hydrogen (secondary N) is 7. The summed E-state index contributed by atoms with van der Waals surface area (Å²) in [7, 11) is -5.32. The fourth-order valence-electron chi connectivity index (χ4n) is 5.28. The van der Waals surface area contributed by atoms with Gasteiger partial charge in [-0.2, -0.15) is 11.8 Å². The predicted octanol–water partition coefficient (Wildman–Crippen LogP) is -8.61. The Bertz CT molecular complexity index is 1730. The van der Waals surface area contributed by atoms with Crippen molar-refractivity contribution < 1.29 is 77.7 Å². The van der Waals surface area contributed by atoms with Crippen molar-refractivity contribution in [2.45, 2.75) is 94.3 Å². The van der Waals surface area contributed by atoms with Crippen molar-refractivity contribution in [3.05, 3.63) is 0 Å². The molecule has 0 bridgehead atoms. The summed E-state index contributed by atoms with van der Waals surface area (Å²) in [6.45, 7) is -1.12. The van der Waals surface area contributed by atoms with Crippen LogP contribution in [0.15, 0.2) is 9.98 Å². The highest BCUT2D eigenvalue weighted by Crippen LogP contribution is 2.35. The van der Waals surface area contributed by atoms with E-state index in [1.54, 1.807) is 6.26 Å². The van der Waals surface area contributed by atoms with Crippen LogP contribution >= 0.6 is 19.6 Å². The molecule has 32 heteroatoms.